The van der Waals surface area contributed by atoms with Gasteiger partial charge in [-0.05, 0) is 29.8 Å². The zero-order valence-electron chi connectivity index (χ0n) is 17.9. The number of benzene rings is 2. The fourth-order valence-corrected chi connectivity index (χ4v) is 3.93. The van der Waals surface area contributed by atoms with Gasteiger partial charge in [-0.25, -0.2) is 9.97 Å². The lowest BCUT2D eigenvalue weighted by Crippen LogP contribution is -2.46. The number of nitrogens with zero attached hydrogens (tertiary/aromatic N) is 4. The van der Waals surface area contributed by atoms with E-state index in [9.17, 15) is 0 Å². The van der Waals surface area contributed by atoms with Crippen LogP contribution in [0.15, 0.2) is 48.8 Å². The van der Waals surface area contributed by atoms with Crippen LogP contribution in [0.1, 0.15) is 5.56 Å². The van der Waals surface area contributed by atoms with Gasteiger partial charge in [-0.2, -0.15) is 0 Å². The van der Waals surface area contributed by atoms with Crippen LogP contribution >= 0.6 is 23.2 Å². The molecule has 0 spiro atoms. The molecule has 7 nitrogen and oxygen atoms in total. The van der Waals surface area contributed by atoms with Gasteiger partial charge in [-0.3, -0.25) is 4.90 Å². The number of piperazine rings is 1. The maximum Gasteiger partial charge on any atom is 0.263 e. The topological polar surface area (TPSA) is 60.0 Å². The molecule has 0 saturated carbocycles. The van der Waals surface area contributed by atoms with Crippen LogP contribution < -0.4 is 19.1 Å². The molecular weight excluding hydrogens is 451 g/mol. The largest absolute Gasteiger partial charge is 0.493 e. The van der Waals surface area contributed by atoms with E-state index in [1.807, 2.05) is 24.3 Å². The van der Waals surface area contributed by atoms with Crippen molar-refractivity contribution in [3.8, 4) is 23.1 Å². The third kappa shape index (κ3) is 5.18. The van der Waals surface area contributed by atoms with Gasteiger partial charge in [0.15, 0.2) is 17.3 Å². The van der Waals surface area contributed by atoms with Crippen molar-refractivity contribution < 1.29 is 14.2 Å². The summed E-state index contributed by atoms with van der Waals surface area (Å²) in [7, 11) is 3.19. The molecule has 1 aliphatic rings. The molecule has 32 heavy (non-hydrogen) atoms. The van der Waals surface area contributed by atoms with Crippen LogP contribution in [-0.2, 0) is 6.54 Å². The molecule has 1 aliphatic heterocycles. The van der Waals surface area contributed by atoms with Crippen LogP contribution in [0, 0.1) is 0 Å². The second-order valence-electron chi connectivity index (χ2n) is 7.32. The Morgan fingerprint density at radius 3 is 2.31 bits per heavy atom. The highest BCUT2D eigenvalue weighted by atomic mass is 35.5. The number of aromatic nitrogens is 2. The number of halogens is 2. The van der Waals surface area contributed by atoms with E-state index in [2.05, 4.69) is 19.8 Å². The summed E-state index contributed by atoms with van der Waals surface area (Å²) in [5.74, 6) is 3.00. The summed E-state index contributed by atoms with van der Waals surface area (Å²) in [6, 6.07) is 11.2. The zero-order valence-corrected chi connectivity index (χ0v) is 19.4. The highest BCUT2D eigenvalue weighted by Gasteiger charge is 2.22. The van der Waals surface area contributed by atoms with Crippen LogP contribution in [0.3, 0.4) is 0 Å². The van der Waals surface area contributed by atoms with E-state index in [4.69, 9.17) is 37.4 Å². The highest BCUT2D eigenvalue weighted by molar-refractivity contribution is 6.42. The molecule has 0 radical (unpaired) electrons. The van der Waals surface area contributed by atoms with Gasteiger partial charge in [0.05, 0.1) is 24.3 Å². The van der Waals surface area contributed by atoms with E-state index < -0.39 is 0 Å². The molecule has 2 heterocycles. The number of methoxy groups -OCH3 is 2. The van der Waals surface area contributed by atoms with Crippen LogP contribution in [0.2, 0.25) is 10.0 Å². The van der Waals surface area contributed by atoms with Crippen molar-refractivity contribution in [1.29, 1.82) is 0 Å². The molecule has 0 atom stereocenters. The minimum Gasteiger partial charge on any atom is -0.493 e. The van der Waals surface area contributed by atoms with E-state index in [1.165, 1.54) is 0 Å². The van der Waals surface area contributed by atoms with Gasteiger partial charge in [0.25, 0.3) is 5.88 Å². The third-order valence-electron chi connectivity index (χ3n) is 5.28. The average molecular weight is 475 g/mol. The SMILES string of the molecule is COc1ccc(Oc2nccnc2N2CCN(Cc3ccc(Cl)c(Cl)c3)CC2)cc1OC. The number of hydrogen-bond acceptors (Lipinski definition) is 7. The predicted molar refractivity (Wildman–Crippen MR) is 126 cm³/mol. The Bertz CT molecular complexity index is 1070. The van der Waals surface area contributed by atoms with Crippen molar-refractivity contribution in [2.75, 3.05) is 45.3 Å². The lowest BCUT2D eigenvalue weighted by molar-refractivity contribution is 0.248. The molecule has 4 rings (SSSR count). The van der Waals surface area contributed by atoms with Crippen molar-refractivity contribution >= 4 is 29.0 Å². The first kappa shape index (κ1) is 22.5. The summed E-state index contributed by atoms with van der Waals surface area (Å²) >= 11 is 12.2. The predicted octanol–water partition coefficient (Wildman–Crippen LogP) is 4.92. The number of anilines is 1. The van der Waals surface area contributed by atoms with Gasteiger partial charge >= 0.3 is 0 Å². The minimum atomic E-state index is 0.456. The van der Waals surface area contributed by atoms with E-state index in [-0.39, 0.29) is 0 Å². The van der Waals surface area contributed by atoms with Gasteiger partial charge in [0.1, 0.15) is 5.75 Å². The second kappa shape index (κ2) is 10.3. The Morgan fingerprint density at radius 2 is 1.59 bits per heavy atom. The van der Waals surface area contributed by atoms with E-state index >= 15 is 0 Å². The molecule has 1 fully saturated rings. The van der Waals surface area contributed by atoms with Crippen molar-refractivity contribution in [3.63, 3.8) is 0 Å². The second-order valence-corrected chi connectivity index (χ2v) is 8.13. The summed E-state index contributed by atoms with van der Waals surface area (Å²) in [6.07, 6.45) is 3.30. The Kier molecular flexibility index (Phi) is 7.19. The Hall–Kier alpha value is -2.74. The maximum absolute atomic E-state index is 6.15. The summed E-state index contributed by atoms with van der Waals surface area (Å²) in [5.41, 5.74) is 1.14. The number of rotatable bonds is 7. The lowest BCUT2D eigenvalue weighted by Gasteiger charge is -2.35. The fraction of sp³-hybridized carbons (Fsp3) is 0.304. The first-order valence-corrected chi connectivity index (χ1v) is 10.9. The molecule has 0 amide bonds. The summed E-state index contributed by atoms with van der Waals surface area (Å²) < 4.78 is 16.7. The molecule has 1 aromatic heterocycles. The van der Waals surface area contributed by atoms with E-state index in [0.717, 1.165) is 44.1 Å². The third-order valence-corrected chi connectivity index (χ3v) is 6.02. The molecular formula is C23H24Cl2N4O3. The maximum atomic E-state index is 6.15. The smallest absolute Gasteiger partial charge is 0.263 e. The van der Waals surface area contributed by atoms with Gasteiger partial charge in [-0.1, -0.05) is 29.3 Å². The first-order valence-electron chi connectivity index (χ1n) is 10.2. The fourth-order valence-electron chi connectivity index (χ4n) is 3.61. The summed E-state index contributed by atoms with van der Waals surface area (Å²) in [6.45, 7) is 4.20. The first-order chi connectivity index (χ1) is 15.6. The number of ether oxygens (including phenoxy) is 3. The van der Waals surface area contributed by atoms with Crippen molar-refractivity contribution in [1.82, 2.24) is 14.9 Å². The van der Waals surface area contributed by atoms with E-state index in [0.29, 0.717) is 33.2 Å². The van der Waals surface area contributed by atoms with Crippen LogP contribution in [0.5, 0.6) is 23.1 Å². The number of hydrogen-bond donors (Lipinski definition) is 0. The molecule has 0 aliphatic carbocycles. The van der Waals surface area contributed by atoms with Gasteiger partial charge in [0, 0.05) is 51.2 Å². The Balaban J connectivity index is 1.43. The molecule has 0 unspecified atom stereocenters. The molecule has 168 valence electrons. The normalized spacial score (nSPS) is 14.3. The monoisotopic (exact) mass is 474 g/mol. The van der Waals surface area contributed by atoms with Crippen molar-refractivity contribution in [3.05, 3.63) is 64.4 Å². The molecule has 0 N–H and O–H groups in total. The van der Waals surface area contributed by atoms with Gasteiger partial charge in [0.2, 0.25) is 0 Å². The Labute approximate surface area is 197 Å². The molecule has 1 saturated heterocycles. The zero-order chi connectivity index (χ0) is 22.5. The summed E-state index contributed by atoms with van der Waals surface area (Å²) in [5, 5.41) is 1.16. The summed E-state index contributed by atoms with van der Waals surface area (Å²) in [4.78, 5) is 13.5. The molecule has 2 aromatic carbocycles. The van der Waals surface area contributed by atoms with Gasteiger partial charge in [-0.15, -0.1) is 0 Å². The van der Waals surface area contributed by atoms with Crippen molar-refractivity contribution in [2.45, 2.75) is 6.54 Å². The van der Waals surface area contributed by atoms with Crippen LogP contribution in [-0.4, -0.2) is 55.3 Å². The quantitative estimate of drug-likeness (QED) is 0.481. The molecule has 9 heteroatoms. The van der Waals surface area contributed by atoms with Crippen LogP contribution in [0.25, 0.3) is 0 Å². The Morgan fingerprint density at radius 1 is 0.844 bits per heavy atom. The highest BCUT2D eigenvalue weighted by Crippen LogP contribution is 2.35. The van der Waals surface area contributed by atoms with Gasteiger partial charge < -0.3 is 19.1 Å². The standard InChI is InChI=1S/C23H24Cl2N4O3/c1-30-20-6-4-17(14-21(20)31-2)32-23-22(26-7-8-27-23)29-11-9-28(10-12-29)15-16-3-5-18(24)19(25)13-16/h3-8,13-14H,9-12,15H2,1-2H3. The van der Waals surface area contributed by atoms with Crippen molar-refractivity contribution in [2.24, 2.45) is 0 Å². The minimum absolute atomic E-state index is 0.456. The van der Waals surface area contributed by atoms with Crippen LogP contribution in [0.4, 0.5) is 5.82 Å². The van der Waals surface area contributed by atoms with E-state index in [1.54, 1.807) is 38.7 Å². The molecule has 3 aromatic rings. The molecule has 0 bridgehead atoms. The average Bonchev–Trinajstić information content (AvgIpc) is 2.82. The lowest BCUT2D eigenvalue weighted by atomic mass is 10.2.